The molecule has 2 rings (SSSR count). The van der Waals surface area contributed by atoms with Gasteiger partial charge in [0.15, 0.2) is 0 Å². The van der Waals surface area contributed by atoms with E-state index in [4.69, 9.17) is 30.1 Å². The molecular weight excluding hydrogens is 464 g/mol. The van der Waals surface area contributed by atoms with Crippen molar-refractivity contribution in [2.75, 3.05) is 85.6 Å². The maximum atomic E-state index is 12.5. The highest BCUT2D eigenvalue weighted by atomic mass is 16.6. The van der Waals surface area contributed by atoms with E-state index in [0.29, 0.717) is 71.1 Å². The highest BCUT2D eigenvalue weighted by molar-refractivity contribution is 5.76. The number of carbonyl (C=O) groups excluding carboxylic acids is 2. The summed E-state index contributed by atoms with van der Waals surface area (Å²) >= 11 is 0. The van der Waals surface area contributed by atoms with Gasteiger partial charge in [-0.25, -0.2) is 0 Å². The summed E-state index contributed by atoms with van der Waals surface area (Å²) in [6.45, 7) is 14.0. The minimum absolute atomic E-state index is 0.120. The lowest BCUT2D eigenvalue weighted by Gasteiger charge is -2.54. The summed E-state index contributed by atoms with van der Waals surface area (Å²) < 4.78 is 26.8. The SMILES string of the molecule is C#CCOCCOCCOCCOCCC(=O)N1CCC2(CC1)CN(CCCC(=O)OC(C)(C)C)C2. The summed E-state index contributed by atoms with van der Waals surface area (Å²) in [5.74, 6) is 2.44. The van der Waals surface area contributed by atoms with Crippen molar-refractivity contribution < 1.29 is 33.3 Å². The fourth-order valence-corrected chi connectivity index (χ4v) is 4.56. The topological polar surface area (TPSA) is 86.8 Å². The number of terminal acetylenes is 1. The van der Waals surface area contributed by atoms with Gasteiger partial charge in [-0.05, 0) is 52.0 Å². The van der Waals surface area contributed by atoms with Gasteiger partial charge in [0.25, 0.3) is 0 Å². The average Bonchev–Trinajstić information content (AvgIpc) is 2.80. The average molecular weight is 511 g/mol. The summed E-state index contributed by atoms with van der Waals surface area (Å²) in [6.07, 6.45) is 8.89. The Bertz CT molecular complexity index is 685. The quantitative estimate of drug-likeness (QED) is 0.167. The molecule has 2 saturated heterocycles. The molecule has 0 atom stereocenters. The van der Waals surface area contributed by atoms with Crippen LogP contribution in [0.5, 0.6) is 0 Å². The smallest absolute Gasteiger partial charge is 0.306 e. The summed E-state index contributed by atoms with van der Waals surface area (Å²) in [5.41, 5.74) is -0.0753. The highest BCUT2D eigenvalue weighted by Gasteiger charge is 2.44. The van der Waals surface area contributed by atoms with Crippen LogP contribution in [0, 0.1) is 17.8 Å². The molecule has 2 aliphatic rings. The maximum absolute atomic E-state index is 12.5. The van der Waals surface area contributed by atoms with Gasteiger partial charge in [0.05, 0.1) is 52.7 Å². The largest absolute Gasteiger partial charge is 0.460 e. The van der Waals surface area contributed by atoms with Gasteiger partial charge in [0.1, 0.15) is 12.2 Å². The van der Waals surface area contributed by atoms with E-state index in [9.17, 15) is 9.59 Å². The van der Waals surface area contributed by atoms with Gasteiger partial charge in [-0.1, -0.05) is 5.92 Å². The van der Waals surface area contributed by atoms with Crippen molar-refractivity contribution in [2.24, 2.45) is 5.41 Å². The zero-order valence-corrected chi connectivity index (χ0v) is 22.6. The lowest BCUT2D eigenvalue weighted by atomic mass is 9.72. The van der Waals surface area contributed by atoms with Gasteiger partial charge in [-0.2, -0.15) is 0 Å². The van der Waals surface area contributed by atoms with Crippen LogP contribution >= 0.6 is 0 Å². The van der Waals surface area contributed by atoms with Gasteiger partial charge in [0, 0.05) is 32.6 Å². The molecule has 1 amide bonds. The second-order valence-electron chi connectivity index (χ2n) is 10.6. The number of hydrogen-bond acceptors (Lipinski definition) is 8. The molecule has 0 radical (unpaired) electrons. The van der Waals surface area contributed by atoms with Crippen LogP contribution in [-0.4, -0.2) is 113 Å². The molecule has 2 heterocycles. The Morgan fingerprint density at radius 3 is 1.97 bits per heavy atom. The molecule has 0 aromatic rings. The highest BCUT2D eigenvalue weighted by Crippen LogP contribution is 2.40. The van der Waals surface area contributed by atoms with Crippen LogP contribution in [0.4, 0.5) is 0 Å². The summed E-state index contributed by atoms with van der Waals surface area (Å²) in [4.78, 5) is 28.7. The molecule has 2 fully saturated rings. The summed E-state index contributed by atoms with van der Waals surface area (Å²) in [6, 6.07) is 0. The predicted molar refractivity (Wildman–Crippen MR) is 136 cm³/mol. The third kappa shape index (κ3) is 12.5. The number of rotatable bonds is 17. The first-order valence-corrected chi connectivity index (χ1v) is 13.2. The van der Waals surface area contributed by atoms with E-state index in [0.717, 1.165) is 52.0 Å². The lowest BCUT2D eigenvalue weighted by Crippen LogP contribution is -2.60. The Labute approximate surface area is 217 Å². The van der Waals surface area contributed by atoms with E-state index in [-0.39, 0.29) is 11.9 Å². The molecule has 0 aliphatic carbocycles. The van der Waals surface area contributed by atoms with Crippen LogP contribution in [0.1, 0.15) is 52.9 Å². The van der Waals surface area contributed by atoms with Crippen LogP contribution in [0.15, 0.2) is 0 Å². The first-order valence-electron chi connectivity index (χ1n) is 13.2. The number of esters is 1. The molecule has 206 valence electrons. The predicted octanol–water partition coefficient (Wildman–Crippen LogP) is 2.12. The fraction of sp³-hybridized carbons (Fsp3) is 0.852. The molecule has 0 unspecified atom stereocenters. The van der Waals surface area contributed by atoms with Gasteiger partial charge >= 0.3 is 5.97 Å². The van der Waals surface area contributed by atoms with Crippen LogP contribution in [0.3, 0.4) is 0 Å². The first-order chi connectivity index (χ1) is 17.2. The second-order valence-corrected chi connectivity index (χ2v) is 10.6. The van der Waals surface area contributed by atoms with Gasteiger partial charge in [0.2, 0.25) is 5.91 Å². The number of ether oxygens (including phenoxy) is 5. The van der Waals surface area contributed by atoms with Crippen molar-refractivity contribution in [2.45, 2.75) is 58.5 Å². The molecule has 0 aromatic heterocycles. The van der Waals surface area contributed by atoms with Gasteiger partial charge in [-0.3, -0.25) is 9.59 Å². The minimum Gasteiger partial charge on any atom is -0.460 e. The third-order valence-electron chi connectivity index (χ3n) is 6.33. The monoisotopic (exact) mass is 510 g/mol. The van der Waals surface area contributed by atoms with Crippen LogP contribution in [0.2, 0.25) is 0 Å². The molecular formula is C27H46N2O7. The number of nitrogens with zero attached hydrogens (tertiary/aromatic N) is 2. The Morgan fingerprint density at radius 1 is 0.861 bits per heavy atom. The molecule has 0 bridgehead atoms. The molecule has 1 spiro atoms. The van der Waals surface area contributed by atoms with Crippen LogP contribution in [-0.2, 0) is 33.3 Å². The molecule has 0 saturated carbocycles. The Hall–Kier alpha value is -1.70. The van der Waals surface area contributed by atoms with Crippen molar-refractivity contribution in [1.82, 2.24) is 9.80 Å². The van der Waals surface area contributed by atoms with Crippen molar-refractivity contribution in [1.29, 1.82) is 0 Å². The second kappa shape index (κ2) is 16.2. The number of amides is 1. The molecule has 0 N–H and O–H groups in total. The van der Waals surface area contributed by atoms with Crippen molar-refractivity contribution in [3.8, 4) is 12.3 Å². The molecule has 9 nitrogen and oxygen atoms in total. The summed E-state index contributed by atoms with van der Waals surface area (Å²) in [7, 11) is 0. The van der Waals surface area contributed by atoms with Gasteiger partial charge < -0.3 is 33.5 Å². The first kappa shape index (κ1) is 30.5. The van der Waals surface area contributed by atoms with E-state index in [1.807, 2.05) is 25.7 Å². The number of piperidine rings is 1. The number of hydrogen-bond donors (Lipinski definition) is 0. The van der Waals surface area contributed by atoms with Crippen LogP contribution in [0.25, 0.3) is 0 Å². The minimum atomic E-state index is -0.417. The van der Waals surface area contributed by atoms with Crippen molar-refractivity contribution in [3.63, 3.8) is 0 Å². The fourth-order valence-electron chi connectivity index (χ4n) is 4.56. The standard InChI is InChI=1S/C27H46N2O7/c1-5-14-32-16-18-34-20-21-35-19-17-33-15-8-24(30)29-12-9-27(10-13-29)22-28(23-27)11-6-7-25(31)36-26(2,3)4/h1H,6-23H2,2-4H3. The van der Waals surface area contributed by atoms with E-state index in [1.54, 1.807) is 0 Å². The van der Waals surface area contributed by atoms with Crippen LogP contribution < -0.4 is 0 Å². The van der Waals surface area contributed by atoms with E-state index < -0.39 is 5.60 Å². The van der Waals surface area contributed by atoms with Gasteiger partial charge in [-0.15, -0.1) is 6.42 Å². The third-order valence-corrected chi connectivity index (χ3v) is 6.33. The molecule has 2 aliphatic heterocycles. The zero-order chi connectivity index (χ0) is 26.3. The van der Waals surface area contributed by atoms with Crippen molar-refractivity contribution in [3.05, 3.63) is 0 Å². The Morgan fingerprint density at radius 2 is 1.42 bits per heavy atom. The van der Waals surface area contributed by atoms with E-state index in [2.05, 4.69) is 10.8 Å². The maximum Gasteiger partial charge on any atom is 0.306 e. The molecule has 36 heavy (non-hydrogen) atoms. The Kier molecular flexibility index (Phi) is 13.7. The van der Waals surface area contributed by atoms with E-state index in [1.165, 1.54) is 0 Å². The Balaban J connectivity index is 1.41. The lowest BCUT2D eigenvalue weighted by molar-refractivity contribution is -0.155. The summed E-state index contributed by atoms with van der Waals surface area (Å²) in [5, 5.41) is 0. The zero-order valence-electron chi connectivity index (χ0n) is 22.6. The molecule has 9 heteroatoms. The normalized spacial score (nSPS) is 17.6. The number of likely N-dealkylation sites (tertiary alicyclic amines) is 2. The number of carbonyl (C=O) groups is 2. The van der Waals surface area contributed by atoms with Crippen molar-refractivity contribution >= 4 is 11.9 Å². The van der Waals surface area contributed by atoms with E-state index >= 15 is 0 Å². The molecule has 0 aromatic carbocycles.